The molecule has 76 valence electrons. The molecule has 0 radical (unpaired) electrons. The van der Waals surface area contributed by atoms with Gasteiger partial charge in [-0.05, 0) is 25.5 Å². The number of rotatable bonds is 4. The smallest absolute Gasteiger partial charge is 0.0470 e. The van der Waals surface area contributed by atoms with Crippen molar-refractivity contribution in [3.8, 4) is 0 Å². The van der Waals surface area contributed by atoms with Crippen LogP contribution in [0.25, 0.3) is 0 Å². The monoisotopic (exact) mass is 190 g/mol. The Labute approximate surface area is 85.7 Å². The molecule has 0 bridgehead atoms. The molecule has 2 rings (SSSR count). The van der Waals surface area contributed by atoms with E-state index in [1.807, 2.05) is 6.07 Å². The van der Waals surface area contributed by atoms with E-state index in [9.17, 15) is 0 Å². The minimum absolute atomic E-state index is 0.392. The van der Waals surface area contributed by atoms with Gasteiger partial charge in [0, 0.05) is 18.6 Å². The van der Waals surface area contributed by atoms with E-state index in [4.69, 9.17) is 5.73 Å². The Morgan fingerprint density at radius 1 is 1.36 bits per heavy atom. The van der Waals surface area contributed by atoms with Crippen LogP contribution < -0.4 is 5.73 Å². The van der Waals surface area contributed by atoms with Crippen LogP contribution in [0.1, 0.15) is 24.4 Å². The Kier molecular flexibility index (Phi) is 2.85. The summed E-state index contributed by atoms with van der Waals surface area (Å²) in [5.41, 5.74) is 7.17. The highest BCUT2D eigenvalue weighted by Crippen LogP contribution is 2.32. The topological polar surface area (TPSA) is 29.3 Å². The van der Waals surface area contributed by atoms with Gasteiger partial charge in [0.05, 0.1) is 0 Å². The molecule has 0 amide bonds. The van der Waals surface area contributed by atoms with Crippen LogP contribution in [0, 0.1) is 0 Å². The van der Waals surface area contributed by atoms with Gasteiger partial charge in [0.25, 0.3) is 0 Å². The minimum atomic E-state index is 0.392. The molecule has 1 atom stereocenters. The summed E-state index contributed by atoms with van der Waals surface area (Å²) in [5.74, 6) is 0. The molecule has 0 aromatic heterocycles. The summed E-state index contributed by atoms with van der Waals surface area (Å²) in [7, 11) is 2.18. The lowest BCUT2D eigenvalue weighted by Gasteiger charge is -2.27. The van der Waals surface area contributed by atoms with Crippen molar-refractivity contribution in [2.45, 2.75) is 24.9 Å². The van der Waals surface area contributed by atoms with E-state index in [1.54, 1.807) is 0 Å². The molecule has 1 saturated carbocycles. The highest BCUT2D eigenvalue weighted by atomic mass is 15.2. The molecular formula is C12H18N2. The van der Waals surface area contributed by atoms with E-state index in [-0.39, 0.29) is 0 Å². The molecule has 1 unspecified atom stereocenters. The first-order chi connectivity index (χ1) is 6.83. The lowest BCUT2D eigenvalue weighted by molar-refractivity contribution is 0.240. The molecule has 0 heterocycles. The molecular weight excluding hydrogens is 172 g/mol. The van der Waals surface area contributed by atoms with Crippen LogP contribution in [0.15, 0.2) is 30.3 Å². The van der Waals surface area contributed by atoms with Gasteiger partial charge in [-0.1, -0.05) is 30.3 Å². The zero-order valence-corrected chi connectivity index (χ0v) is 8.69. The van der Waals surface area contributed by atoms with Gasteiger partial charge in [-0.2, -0.15) is 0 Å². The van der Waals surface area contributed by atoms with Gasteiger partial charge in [0.2, 0.25) is 0 Å². The molecule has 1 aliphatic carbocycles. The molecule has 1 aromatic rings. The molecule has 0 aliphatic heterocycles. The van der Waals surface area contributed by atoms with Gasteiger partial charge >= 0.3 is 0 Å². The zero-order valence-electron chi connectivity index (χ0n) is 8.69. The maximum Gasteiger partial charge on any atom is 0.0470 e. The van der Waals surface area contributed by atoms with Crippen LogP contribution in [-0.4, -0.2) is 24.5 Å². The summed E-state index contributed by atoms with van der Waals surface area (Å²) < 4.78 is 0. The van der Waals surface area contributed by atoms with Crippen molar-refractivity contribution in [1.29, 1.82) is 0 Å². The molecule has 1 aliphatic rings. The number of nitrogens with zero attached hydrogens (tertiary/aromatic N) is 1. The molecule has 1 fully saturated rings. The van der Waals surface area contributed by atoms with Gasteiger partial charge in [-0.25, -0.2) is 0 Å². The number of benzene rings is 1. The van der Waals surface area contributed by atoms with Crippen LogP contribution in [0.5, 0.6) is 0 Å². The van der Waals surface area contributed by atoms with Crippen LogP contribution in [0.4, 0.5) is 0 Å². The number of nitrogens with two attached hydrogens (primary N) is 1. The second kappa shape index (κ2) is 4.11. The third-order valence-electron chi connectivity index (χ3n) is 3.02. The first-order valence-electron chi connectivity index (χ1n) is 5.30. The maximum atomic E-state index is 5.83. The van der Waals surface area contributed by atoms with Crippen molar-refractivity contribution in [3.05, 3.63) is 35.9 Å². The van der Waals surface area contributed by atoms with Gasteiger partial charge < -0.3 is 5.73 Å². The highest BCUT2D eigenvalue weighted by molar-refractivity contribution is 5.19. The average molecular weight is 190 g/mol. The molecule has 2 N–H and O–H groups in total. The third-order valence-corrected chi connectivity index (χ3v) is 3.02. The largest absolute Gasteiger partial charge is 0.329 e. The van der Waals surface area contributed by atoms with Gasteiger partial charge in [0.15, 0.2) is 0 Å². The Bertz CT molecular complexity index is 280. The van der Waals surface area contributed by atoms with Gasteiger partial charge in [0.1, 0.15) is 0 Å². The predicted octanol–water partition coefficient (Wildman–Crippen LogP) is 1.78. The fourth-order valence-corrected chi connectivity index (χ4v) is 1.95. The summed E-state index contributed by atoms with van der Waals surface area (Å²) >= 11 is 0. The van der Waals surface area contributed by atoms with Crippen molar-refractivity contribution in [2.75, 3.05) is 13.6 Å². The fraction of sp³-hybridized carbons (Fsp3) is 0.500. The average Bonchev–Trinajstić information content (AvgIpc) is 3.03. The number of hydrogen-bond donors (Lipinski definition) is 1. The molecule has 0 saturated heterocycles. The Balaban J connectivity index is 2.12. The standard InChI is InChI=1S/C12H18N2/c1-14(11-7-8-11)12(9-13)10-5-3-2-4-6-10/h2-6,11-12H,7-9,13H2,1H3. The highest BCUT2D eigenvalue weighted by Gasteiger charge is 2.30. The maximum absolute atomic E-state index is 5.83. The van der Waals surface area contributed by atoms with E-state index in [1.165, 1.54) is 18.4 Å². The third kappa shape index (κ3) is 1.97. The summed E-state index contributed by atoms with van der Waals surface area (Å²) in [5, 5.41) is 0. The zero-order chi connectivity index (χ0) is 9.97. The van der Waals surface area contributed by atoms with Gasteiger partial charge in [-0.3, -0.25) is 4.90 Å². The van der Waals surface area contributed by atoms with Crippen molar-refractivity contribution >= 4 is 0 Å². The van der Waals surface area contributed by atoms with Crippen molar-refractivity contribution in [3.63, 3.8) is 0 Å². The van der Waals surface area contributed by atoms with Crippen LogP contribution >= 0.6 is 0 Å². The van der Waals surface area contributed by atoms with Crippen LogP contribution in [0.2, 0.25) is 0 Å². The summed E-state index contributed by atoms with van der Waals surface area (Å²) in [4.78, 5) is 2.41. The fourth-order valence-electron chi connectivity index (χ4n) is 1.95. The normalized spacial score (nSPS) is 18.5. The molecule has 2 nitrogen and oxygen atoms in total. The van der Waals surface area contributed by atoms with Crippen molar-refractivity contribution in [1.82, 2.24) is 4.90 Å². The first-order valence-corrected chi connectivity index (χ1v) is 5.30. The second-order valence-corrected chi connectivity index (χ2v) is 4.06. The number of likely N-dealkylation sites (N-methyl/N-ethyl adjacent to an activating group) is 1. The van der Waals surface area contributed by atoms with Crippen molar-refractivity contribution < 1.29 is 0 Å². The quantitative estimate of drug-likeness (QED) is 0.784. The van der Waals surface area contributed by atoms with Crippen molar-refractivity contribution in [2.24, 2.45) is 5.73 Å². The Morgan fingerprint density at radius 2 is 2.00 bits per heavy atom. The summed E-state index contributed by atoms with van der Waals surface area (Å²) in [6.45, 7) is 0.705. The lowest BCUT2D eigenvalue weighted by Crippen LogP contribution is -2.32. The van der Waals surface area contributed by atoms with E-state index in [0.717, 1.165) is 6.04 Å². The SMILES string of the molecule is CN(C1CC1)C(CN)c1ccccc1. The summed E-state index contributed by atoms with van der Waals surface area (Å²) in [6.07, 6.45) is 2.67. The Morgan fingerprint density at radius 3 is 2.50 bits per heavy atom. The first kappa shape index (κ1) is 9.69. The summed E-state index contributed by atoms with van der Waals surface area (Å²) in [6, 6.07) is 11.7. The van der Waals surface area contributed by atoms with E-state index in [0.29, 0.717) is 12.6 Å². The van der Waals surface area contributed by atoms with Crippen LogP contribution in [0.3, 0.4) is 0 Å². The second-order valence-electron chi connectivity index (χ2n) is 4.06. The molecule has 2 heteroatoms. The van der Waals surface area contributed by atoms with Crippen LogP contribution in [-0.2, 0) is 0 Å². The lowest BCUT2D eigenvalue weighted by atomic mass is 10.1. The Hall–Kier alpha value is -0.860. The van der Waals surface area contributed by atoms with E-state index < -0.39 is 0 Å². The van der Waals surface area contributed by atoms with E-state index >= 15 is 0 Å². The molecule has 0 spiro atoms. The van der Waals surface area contributed by atoms with E-state index in [2.05, 4.69) is 36.2 Å². The molecule has 1 aromatic carbocycles. The van der Waals surface area contributed by atoms with Gasteiger partial charge in [-0.15, -0.1) is 0 Å². The minimum Gasteiger partial charge on any atom is -0.329 e. The predicted molar refractivity (Wildman–Crippen MR) is 59.0 cm³/mol. The molecule has 14 heavy (non-hydrogen) atoms. The number of hydrogen-bond acceptors (Lipinski definition) is 2.